The van der Waals surface area contributed by atoms with Gasteiger partial charge in [-0.2, -0.15) is 0 Å². The molecular formula is C20H23N3O. The minimum Gasteiger partial charge on any atom is -0.350 e. The molecule has 0 aliphatic carbocycles. The molecule has 0 atom stereocenters. The summed E-state index contributed by atoms with van der Waals surface area (Å²) in [5.74, 6) is 0.0790. The molecule has 0 unspecified atom stereocenters. The maximum Gasteiger partial charge on any atom is 0.220 e. The monoisotopic (exact) mass is 321 g/mol. The topological polar surface area (TPSA) is 46.4 Å². The molecule has 1 amide bonds. The number of carbonyl (C=O) groups is 1. The molecule has 0 radical (unpaired) electrons. The zero-order chi connectivity index (χ0) is 16.9. The van der Waals surface area contributed by atoms with Crippen LogP contribution in [0.1, 0.15) is 35.2 Å². The fourth-order valence-corrected chi connectivity index (χ4v) is 2.73. The molecular weight excluding hydrogens is 298 g/mol. The van der Waals surface area contributed by atoms with E-state index in [1.165, 1.54) is 16.7 Å². The Morgan fingerprint density at radius 1 is 1.04 bits per heavy atom. The SMILES string of the molecule is Cc1ccc(CCCC(=O)NCc2cn3cc(C)ccc3n2)cc1. The van der Waals surface area contributed by atoms with E-state index in [2.05, 4.69) is 48.4 Å². The van der Waals surface area contributed by atoms with Gasteiger partial charge in [-0.25, -0.2) is 4.98 Å². The molecule has 24 heavy (non-hydrogen) atoms. The smallest absolute Gasteiger partial charge is 0.220 e. The van der Waals surface area contributed by atoms with Gasteiger partial charge in [-0.05, 0) is 43.9 Å². The van der Waals surface area contributed by atoms with Crippen LogP contribution in [0.3, 0.4) is 0 Å². The predicted molar refractivity (Wildman–Crippen MR) is 95.9 cm³/mol. The van der Waals surface area contributed by atoms with Crippen LogP contribution < -0.4 is 5.32 Å². The van der Waals surface area contributed by atoms with E-state index in [4.69, 9.17) is 0 Å². The Morgan fingerprint density at radius 3 is 2.58 bits per heavy atom. The van der Waals surface area contributed by atoms with E-state index >= 15 is 0 Å². The number of rotatable bonds is 6. The van der Waals surface area contributed by atoms with Gasteiger partial charge in [0.1, 0.15) is 5.65 Å². The van der Waals surface area contributed by atoms with Gasteiger partial charge in [-0.3, -0.25) is 4.79 Å². The van der Waals surface area contributed by atoms with Gasteiger partial charge < -0.3 is 9.72 Å². The fraction of sp³-hybridized carbons (Fsp3) is 0.300. The Balaban J connectivity index is 1.45. The average Bonchev–Trinajstić information content (AvgIpc) is 2.97. The van der Waals surface area contributed by atoms with Crippen LogP contribution in [0.2, 0.25) is 0 Å². The number of aryl methyl sites for hydroxylation is 3. The van der Waals surface area contributed by atoms with Gasteiger partial charge in [0.15, 0.2) is 0 Å². The highest BCUT2D eigenvalue weighted by Gasteiger charge is 2.05. The zero-order valence-corrected chi connectivity index (χ0v) is 14.2. The van der Waals surface area contributed by atoms with Crippen molar-refractivity contribution < 1.29 is 4.79 Å². The van der Waals surface area contributed by atoms with Crippen LogP contribution in [-0.2, 0) is 17.8 Å². The first-order chi connectivity index (χ1) is 11.6. The molecule has 4 nitrogen and oxygen atoms in total. The molecule has 1 aromatic carbocycles. The number of carbonyl (C=O) groups excluding carboxylic acids is 1. The maximum atomic E-state index is 12.0. The molecule has 3 aromatic rings. The van der Waals surface area contributed by atoms with Crippen molar-refractivity contribution in [2.75, 3.05) is 0 Å². The largest absolute Gasteiger partial charge is 0.350 e. The number of nitrogens with zero attached hydrogens (tertiary/aromatic N) is 2. The summed E-state index contributed by atoms with van der Waals surface area (Å²) < 4.78 is 1.99. The summed E-state index contributed by atoms with van der Waals surface area (Å²) in [5.41, 5.74) is 5.52. The van der Waals surface area contributed by atoms with E-state index in [1.54, 1.807) is 0 Å². The van der Waals surface area contributed by atoms with Crippen molar-refractivity contribution in [3.8, 4) is 0 Å². The van der Waals surface area contributed by atoms with Crippen LogP contribution >= 0.6 is 0 Å². The fourth-order valence-electron chi connectivity index (χ4n) is 2.73. The van der Waals surface area contributed by atoms with E-state index in [0.29, 0.717) is 13.0 Å². The van der Waals surface area contributed by atoms with Crippen molar-refractivity contribution in [1.82, 2.24) is 14.7 Å². The highest BCUT2D eigenvalue weighted by atomic mass is 16.1. The summed E-state index contributed by atoms with van der Waals surface area (Å²) in [7, 11) is 0. The van der Waals surface area contributed by atoms with Crippen LogP contribution in [0.5, 0.6) is 0 Å². The molecule has 0 saturated carbocycles. The van der Waals surface area contributed by atoms with E-state index < -0.39 is 0 Å². The third kappa shape index (κ3) is 4.22. The maximum absolute atomic E-state index is 12.0. The summed E-state index contributed by atoms with van der Waals surface area (Å²) in [4.78, 5) is 16.5. The number of hydrogen-bond donors (Lipinski definition) is 1. The third-order valence-corrected chi connectivity index (χ3v) is 4.11. The van der Waals surface area contributed by atoms with E-state index in [9.17, 15) is 4.79 Å². The Morgan fingerprint density at radius 2 is 1.79 bits per heavy atom. The average molecular weight is 321 g/mol. The normalized spacial score (nSPS) is 10.9. The van der Waals surface area contributed by atoms with Gasteiger partial charge in [0, 0.05) is 18.8 Å². The summed E-state index contributed by atoms with van der Waals surface area (Å²) in [6.07, 6.45) is 6.34. The molecule has 0 spiro atoms. The molecule has 0 aliphatic heterocycles. The predicted octanol–water partition coefficient (Wildman–Crippen LogP) is 3.59. The lowest BCUT2D eigenvalue weighted by Crippen LogP contribution is -2.22. The minimum absolute atomic E-state index is 0.0790. The number of fused-ring (bicyclic) bond motifs is 1. The zero-order valence-electron chi connectivity index (χ0n) is 14.2. The first-order valence-electron chi connectivity index (χ1n) is 8.36. The van der Waals surface area contributed by atoms with Crippen molar-refractivity contribution >= 4 is 11.6 Å². The highest BCUT2D eigenvalue weighted by Crippen LogP contribution is 2.09. The molecule has 124 valence electrons. The molecule has 1 N–H and O–H groups in total. The molecule has 4 heteroatoms. The lowest BCUT2D eigenvalue weighted by atomic mass is 10.1. The number of aromatic nitrogens is 2. The van der Waals surface area contributed by atoms with E-state index in [1.807, 2.05) is 28.9 Å². The Kier molecular flexibility index (Phi) is 4.94. The second-order valence-corrected chi connectivity index (χ2v) is 6.32. The third-order valence-electron chi connectivity index (χ3n) is 4.11. The van der Waals surface area contributed by atoms with Crippen LogP contribution in [0, 0.1) is 13.8 Å². The highest BCUT2D eigenvalue weighted by molar-refractivity contribution is 5.75. The number of nitrogens with one attached hydrogen (secondary N) is 1. The first-order valence-corrected chi connectivity index (χ1v) is 8.36. The van der Waals surface area contributed by atoms with Gasteiger partial charge >= 0.3 is 0 Å². The molecule has 0 bridgehead atoms. The van der Waals surface area contributed by atoms with Crippen LogP contribution in [0.25, 0.3) is 5.65 Å². The standard InChI is InChI=1S/C20H23N3O/c1-15-6-9-17(10-7-15)4-3-5-20(24)21-12-18-14-23-13-16(2)8-11-19(23)22-18/h6-11,13-14H,3-5,12H2,1-2H3,(H,21,24). The van der Waals surface area contributed by atoms with Crippen molar-refractivity contribution in [1.29, 1.82) is 0 Å². The summed E-state index contributed by atoms with van der Waals surface area (Å²) >= 11 is 0. The van der Waals surface area contributed by atoms with Gasteiger partial charge in [-0.1, -0.05) is 35.9 Å². The van der Waals surface area contributed by atoms with Crippen molar-refractivity contribution in [2.45, 2.75) is 39.7 Å². The van der Waals surface area contributed by atoms with Crippen molar-refractivity contribution in [3.05, 3.63) is 71.2 Å². The molecule has 0 aliphatic rings. The summed E-state index contributed by atoms with van der Waals surface area (Å²) in [6.45, 7) is 4.61. The van der Waals surface area contributed by atoms with Crippen LogP contribution in [-0.4, -0.2) is 15.3 Å². The molecule has 0 fully saturated rings. The lowest BCUT2D eigenvalue weighted by Gasteiger charge is -2.04. The van der Waals surface area contributed by atoms with Gasteiger partial charge in [0.2, 0.25) is 5.91 Å². The molecule has 2 aromatic heterocycles. The van der Waals surface area contributed by atoms with Gasteiger partial charge in [0.05, 0.1) is 12.2 Å². The van der Waals surface area contributed by atoms with Crippen molar-refractivity contribution in [3.63, 3.8) is 0 Å². The number of hydrogen-bond acceptors (Lipinski definition) is 2. The van der Waals surface area contributed by atoms with E-state index in [-0.39, 0.29) is 5.91 Å². The van der Waals surface area contributed by atoms with Crippen LogP contribution in [0.4, 0.5) is 0 Å². The quantitative estimate of drug-likeness (QED) is 0.754. The summed E-state index contributed by atoms with van der Waals surface area (Å²) in [6, 6.07) is 12.5. The van der Waals surface area contributed by atoms with E-state index in [0.717, 1.165) is 24.2 Å². The minimum atomic E-state index is 0.0790. The number of amides is 1. The molecule has 2 heterocycles. The Bertz CT molecular complexity index is 834. The second kappa shape index (κ2) is 7.30. The number of benzene rings is 1. The first kappa shape index (κ1) is 16.2. The van der Waals surface area contributed by atoms with Gasteiger partial charge in [0.25, 0.3) is 0 Å². The molecule has 3 rings (SSSR count). The summed E-state index contributed by atoms with van der Waals surface area (Å²) in [5, 5.41) is 2.96. The van der Waals surface area contributed by atoms with Crippen molar-refractivity contribution in [2.24, 2.45) is 0 Å². The second-order valence-electron chi connectivity index (χ2n) is 6.32. The Hall–Kier alpha value is -2.62. The van der Waals surface area contributed by atoms with Gasteiger partial charge in [-0.15, -0.1) is 0 Å². The van der Waals surface area contributed by atoms with Crippen LogP contribution in [0.15, 0.2) is 48.8 Å². The lowest BCUT2D eigenvalue weighted by molar-refractivity contribution is -0.121. The number of imidazole rings is 1. The molecule has 0 saturated heterocycles. The number of pyridine rings is 1. The Labute approximate surface area is 142 Å².